The number of hydrogen-bond acceptors (Lipinski definition) is 6. The first-order valence-electron chi connectivity index (χ1n) is 6.90. The van der Waals surface area contributed by atoms with Crippen molar-refractivity contribution in [3.8, 4) is 0 Å². The predicted molar refractivity (Wildman–Crippen MR) is 90.0 cm³/mol. The van der Waals surface area contributed by atoms with E-state index in [2.05, 4.69) is 9.10 Å². The quantitative estimate of drug-likeness (QED) is 0.478. The summed E-state index contributed by atoms with van der Waals surface area (Å²) >= 11 is 0. The zero-order valence-corrected chi connectivity index (χ0v) is 14.2. The van der Waals surface area contributed by atoms with Gasteiger partial charge in [-0.2, -0.15) is 4.36 Å². The number of carbonyl (C=O) groups is 1. The number of benzene rings is 2. The summed E-state index contributed by atoms with van der Waals surface area (Å²) in [5.74, 6) is -0.781. The molecule has 0 aromatic heterocycles. The molecule has 0 heterocycles. The van der Waals surface area contributed by atoms with Crippen LogP contribution in [0.25, 0.3) is 0 Å². The molecule has 2 aromatic carbocycles. The Balaban J connectivity index is 2.62. The van der Waals surface area contributed by atoms with Crippen LogP contribution in [0.5, 0.6) is 0 Å². The lowest BCUT2D eigenvalue weighted by atomic mass is 10.1. The molecule has 7 nitrogen and oxygen atoms in total. The lowest BCUT2D eigenvalue weighted by Crippen LogP contribution is -2.04. The van der Waals surface area contributed by atoms with Crippen molar-refractivity contribution in [1.29, 1.82) is 0 Å². The number of aryl methyl sites for hydroxylation is 1. The van der Waals surface area contributed by atoms with E-state index >= 15 is 0 Å². The van der Waals surface area contributed by atoms with Crippen molar-refractivity contribution in [2.24, 2.45) is 4.36 Å². The smallest absolute Gasteiger partial charge is 0.340 e. The Morgan fingerprint density at radius 2 is 1.83 bits per heavy atom. The van der Waals surface area contributed by atoms with Gasteiger partial charge < -0.3 is 4.74 Å². The molecule has 126 valence electrons. The Kier molecular flexibility index (Phi) is 4.99. The minimum absolute atomic E-state index is 0.0838. The zero-order valence-electron chi connectivity index (χ0n) is 13.4. The van der Waals surface area contributed by atoms with Gasteiger partial charge in [0.1, 0.15) is 0 Å². The van der Waals surface area contributed by atoms with Gasteiger partial charge in [0.15, 0.2) is 0 Å². The highest BCUT2D eigenvalue weighted by Crippen LogP contribution is 2.28. The standard InChI is InChI=1S/C16H16N2O5S/c1-11-4-7-13(8-5-11)24(3,22)17-15-9-6-12(18(20)21)10-14(15)16(19)23-2/h4-10H,1-3H3/t24-/m1/s1. The van der Waals surface area contributed by atoms with Crippen molar-refractivity contribution in [3.63, 3.8) is 0 Å². The third kappa shape index (κ3) is 3.77. The summed E-state index contributed by atoms with van der Waals surface area (Å²) in [5, 5.41) is 10.9. The van der Waals surface area contributed by atoms with Gasteiger partial charge in [-0.25, -0.2) is 9.00 Å². The summed E-state index contributed by atoms with van der Waals surface area (Å²) < 4.78 is 21.7. The topological polar surface area (TPSA) is 98.9 Å². The first-order valence-corrected chi connectivity index (χ1v) is 8.82. The number of nitro benzene ring substituents is 1. The minimum atomic E-state index is -2.83. The van der Waals surface area contributed by atoms with Gasteiger partial charge in [0.25, 0.3) is 5.69 Å². The number of nitrogens with zero attached hydrogens (tertiary/aromatic N) is 2. The molecule has 0 aliphatic heterocycles. The normalized spacial score (nSPS) is 13.0. The van der Waals surface area contributed by atoms with E-state index in [-0.39, 0.29) is 16.9 Å². The van der Waals surface area contributed by atoms with Crippen molar-refractivity contribution in [3.05, 3.63) is 63.7 Å². The Morgan fingerprint density at radius 1 is 1.21 bits per heavy atom. The van der Waals surface area contributed by atoms with Gasteiger partial charge in [-0.1, -0.05) is 17.7 Å². The molecule has 0 unspecified atom stereocenters. The number of carbonyl (C=O) groups excluding carboxylic acids is 1. The lowest BCUT2D eigenvalue weighted by Gasteiger charge is -2.08. The molecule has 0 bridgehead atoms. The van der Waals surface area contributed by atoms with Crippen molar-refractivity contribution in [2.75, 3.05) is 13.4 Å². The molecule has 0 N–H and O–H groups in total. The number of nitro groups is 1. The van der Waals surface area contributed by atoms with Gasteiger partial charge >= 0.3 is 5.97 Å². The van der Waals surface area contributed by atoms with Crippen molar-refractivity contribution >= 4 is 27.1 Å². The van der Waals surface area contributed by atoms with E-state index in [9.17, 15) is 19.1 Å². The first kappa shape index (κ1) is 17.6. The number of esters is 1. The fraction of sp³-hybridized carbons (Fsp3) is 0.188. The molecule has 0 amide bonds. The molecular weight excluding hydrogens is 332 g/mol. The maximum atomic E-state index is 12.9. The predicted octanol–water partition coefficient (Wildman–Crippen LogP) is 3.48. The highest BCUT2D eigenvalue weighted by molar-refractivity contribution is 7.93. The van der Waals surface area contributed by atoms with Crippen LogP contribution in [0.4, 0.5) is 11.4 Å². The van der Waals surface area contributed by atoms with E-state index in [0.29, 0.717) is 4.90 Å². The van der Waals surface area contributed by atoms with Gasteiger partial charge in [0, 0.05) is 23.3 Å². The minimum Gasteiger partial charge on any atom is -0.465 e. The van der Waals surface area contributed by atoms with E-state index in [1.807, 2.05) is 19.1 Å². The van der Waals surface area contributed by atoms with Gasteiger partial charge in [-0.05, 0) is 25.1 Å². The fourth-order valence-electron chi connectivity index (χ4n) is 2.02. The molecule has 0 spiro atoms. The van der Waals surface area contributed by atoms with Crippen LogP contribution in [0.1, 0.15) is 15.9 Å². The highest BCUT2D eigenvalue weighted by atomic mass is 32.2. The van der Waals surface area contributed by atoms with E-state index in [0.717, 1.165) is 18.7 Å². The third-order valence-electron chi connectivity index (χ3n) is 3.33. The Bertz CT molecular complexity index is 913. The number of ether oxygens (including phenoxy) is 1. The number of hydrogen-bond donors (Lipinski definition) is 0. The van der Waals surface area contributed by atoms with Crippen LogP contribution in [-0.4, -0.2) is 28.5 Å². The molecule has 8 heteroatoms. The number of rotatable bonds is 4. The molecule has 0 fully saturated rings. The largest absolute Gasteiger partial charge is 0.465 e. The number of methoxy groups -OCH3 is 1. The number of non-ortho nitro benzene ring substituents is 1. The van der Waals surface area contributed by atoms with E-state index < -0.39 is 20.6 Å². The van der Waals surface area contributed by atoms with Gasteiger partial charge in [0.05, 0.1) is 33.0 Å². The first-order chi connectivity index (χ1) is 11.2. The Labute approximate surface area is 139 Å². The highest BCUT2D eigenvalue weighted by Gasteiger charge is 2.18. The van der Waals surface area contributed by atoms with Crippen LogP contribution in [0.15, 0.2) is 51.7 Å². The summed E-state index contributed by atoms with van der Waals surface area (Å²) in [6.07, 6.45) is 1.44. The average molecular weight is 348 g/mol. The summed E-state index contributed by atoms with van der Waals surface area (Å²) in [5.41, 5.74) is 0.723. The molecule has 1 atom stereocenters. The molecule has 24 heavy (non-hydrogen) atoms. The lowest BCUT2D eigenvalue weighted by molar-refractivity contribution is -0.384. The fourth-order valence-corrected chi connectivity index (χ4v) is 3.30. The van der Waals surface area contributed by atoms with Crippen LogP contribution in [0.3, 0.4) is 0 Å². The summed E-state index contributed by atoms with van der Waals surface area (Å²) in [6, 6.07) is 10.6. The van der Waals surface area contributed by atoms with Crippen LogP contribution in [0, 0.1) is 17.0 Å². The molecule has 0 aliphatic rings. The van der Waals surface area contributed by atoms with Gasteiger partial charge in [-0.3, -0.25) is 10.1 Å². The summed E-state index contributed by atoms with van der Waals surface area (Å²) in [6.45, 7) is 1.91. The van der Waals surface area contributed by atoms with Crippen LogP contribution in [0.2, 0.25) is 0 Å². The molecule has 0 aliphatic carbocycles. The van der Waals surface area contributed by atoms with Crippen LogP contribution >= 0.6 is 0 Å². The van der Waals surface area contributed by atoms with Gasteiger partial charge in [-0.15, -0.1) is 0 Å². The maximum absolute atomic E-state index is 12.9. The Morgan fingerprint density at radius 3 is 2.38 bits per heavy atom. The van der Waals surface area contributed by atoms with Crippen molar-refractivity contribution < 1.29 is 18.7 Å². The molecule has 2 rings (SSSR count). The van der Waals surface area contributed by atoms with Gasteiger partial charge in [0.2, 0.25) is 0 Å². The van der Waals surface area contributed by atoms with Crippen LogP contribution < -0.4 is 0 Å². The van der Waals surface area contributed by atoms with E-state index in [4.69, 9.17) is 0 Å². The van der Waals surface area contributed by atoms with Crippen molar-refractivity contribution in [2.45, 2.75) is 11.8 Å². The maximum Gasteiger partial charge on any atom is 0.340 e. The van der Waals surface area contributed by atoms with E-state index in [1.165, 1.54) is 18.4 Å². The summed E-state index contributed by atoms with van der Waals surface area (Å²) in [4.78, 5) is 22.6. The molecular formula is C16H16N2O5S. The second-order valence-corrected chi connectivity index (χ2v) is 7.42. The average Bonchev–Trinajstić information content (AvgIpc) is 2.54. The second-order valence-electron chi connectivity index (χ2n) is 5.16. The monoisotopic (exact) mass is 348 g/mol. The molecule has 0 radical (unpaired) electrons. The second kappa shape index (κ2) is 6.79. The SMILES string of the molecule is COC(=O)c1cc([N+](=O)[O-])ccc1N=[S@](C)(=O)c1ccc(C)cc1. The molecule has 0 saturated heterocycles. The third-order valence-corrected chi connectivity index (χ3v) is 5.02. The molecule has 2 aromatic rings. The molecule has 0 saturated carbocycles. The van der Waals surface area contributed by atoms with Crippen LogP contribution in [-0.2, 0) is 14.5 Å². The van der Waals surface area contributed by atoms with E-state index in [1.54, 1.807) is 12.1 Å². The van der Waals surface area contributed by atoms with Crippen molar-refractivity contribution in [1.82, 2.24) is 0 Å². The summed E-state index contributed by atoms with van der Waals surface area (Å²) in [7, 11) is -1.67. The Hall–Kier alpha value is -2.74. The zero-order chi connectivity index (χ0) is 17.9.